The van der Waals surface area contributed by atoms with Crippen LogP contribution in [0.3, 0.4) is 0 Å². The molecule has 106 valence electrons. The van der Waals surface area contributed by atoms with Crippen LogP contribution in [0.15, 0.2) is 54.6 Å². The van der Waals surface area contributed by atoms with E-state index in [-0.39, 0.29) is 17.0 Å². The van der Waals surface area contributed by atoms with Gasteiger partial charge in [-0.2, -0.15) is 0 Å². The minimum absolute atomic E-state index is 0. The lowest BCUT2D eigenvalue weighted by Crippen LogP contribution is -3.00. The minimum Gasteiger partial charge on any atom is -1.00 e. The number of para-hydroxylation sites is 1. The number of aryl methyl sites for hydroxylation is 2. The van der Waals surface area contributed by atoms with E-state index in [1.165, 1.54) is 16.0 Å². The molecule has 0 saturated heterocycles. The summed E-state index contributed by atoms with van der Waals surface area (Å²) in [6, 6.07) is 18.8. The van der Waals surface area contributed by atoms with Gasteiger partial charge in [-0.1, -0.05) is 42.5 Å². The van der Waals surface area contributed by atoms with Gasteiger partial charge in [0.05, 0.1) is 5.69 Å². The normalized spacial score (nSPS) is 12.0. The summed E-state index contributed by atoms with van der Waals surface area (Å²) in [6.45, 7) is 0. The Morgan fingerprint density at radius 1 is 0.905 bits per heavy atom. The lowest BCUT2D eigenvalue weighted by molar-refractivity contribution is -0.00000386. The molecule has 4 heteroatoms. The van der Waals surface area contributed by atoms with Gasteiger partial charge in [0.2, 0.25) is 0 Å². The highest BCUT2D eigenvalue weighted by Crippen LogP contribution is 2.38. The van der Waals surface area contributed by atoms with Gasteiger partial charge >= 0.3 is 0 Å². The SMILES string of the molecule is [Br-].c1ccc(Nc2nc3c(s2)CCc2ccccc2-3)cc1. The van der Waals surface area contributed by atoms with Crippen LogP contribution >= 0.6 is 11.3 Å². The van der Waals surface area contributed by atoms with Crippen LogP contribution < -0.4 is 22.3 Å². The maximum absolute atomic E-state index is 4.79. The predicted molar refractivity (Wildman–Crippen MR) is 84.7 cm³/mol. The summed E-state index contributed by atoms with van der Waals surface area (Å²) in [5, 5.41) is 4.38. The summed E-state index contributed by atoms with van der Waals surface area (Å²) in [5.74, 6) is 0. The van der Waals surface area contributed by atoms with Crippen LogP contribution in [-0.4, -0.2) is 4.98 Å². The number of anilines is 2. The number of rotatable bonds is 2. The number of nitrogens with zero attached hydrogens (tertiary/aromatic N) is 1. The molecule has 0 bridgehead atoms. The maximum atomic E-state index is 4.79. The molecule has 1 aliphatic carbocycles. The summed E-state index contributed by atoms with van der Waals surface area (Å²) < 4.78 is 0. The monoisotopic (exact) mass is 357 g/mol. The fourth-order valence-electron chi connectivity index (χ4n) is 2.65. The van der Waals surface area contributed by atoms with Gasteiger partial charge in [-0.25, -0.2) is 4.98 Å². The van der Waals surface area contributed by atoms with Gasteiger partial charge in [0, 0.05) is 16.1 Å². The number of hydrogen-bond donors (Lipinski definition) is 1. The van der Waals surface area contributed by atoms with Gasteiger partial charge in [-0.3, -0.25) is 0 Å². The zero-order chi connectivity index (χ0) is 13.4. The lowest BCUT2D eigenvalue weighted by atomic mass is 9.94. The van der Waals surface area contributed by atoms with Crippen LogP contribution in [0.4, 0.5) is 10.8 Å². The van der Waals surface area contributed by atoms with E-state index in [1.807, 2.05) is 18.2 Å². The predicted octanol–water partition coefficient (Wildman–Crippen LogP) is 1.66. The number of hydrogen-bond acceptors (Lipinski definition) is 3. The molecule has 1 aliphatic rings. The van der Waals surface area contributed by atoms with Crippen LogP contribution in [0.2, 0.25) is 0 Å². The third kappa shape index (κ3) is 2.74. The molecule has 0 unspecified atom stereocenters. The van der Waals surface area contributed by atoms with Gasteiger partial charge in [-0.15, -0.1) is 11.3 Å². The van der Waals surface area contributed by atoms with Gasteiger partial charge in [0.25, 0.3) is 0 Å². The molecule has 0 spiro atoms. The van der Waals surface area contributed by atoms with E-state index in [0.29, 0.717) is 0 Å². The summed E-state index contributed by atoms with van der Waals surface area (Å²) in [7, 11) is 0. The number of halogens is 1. The summed E-state index contributed by atoms with van der Waals surface area (Å²) in [4.78, 5) is 6.19. The first-order chi connectivity index (χ1) is 9.90. The van der Waals surface area contributed by atoms with Crippen molar-refractivity contribution in [2.75, 3.05) is 5.32 Å². The van der Waals surface area contributed by atoms with Crippen LogP contribution in [0.25, 0.3) is 11.3 Å². The number of fused-ring (bicyclic) bond motifs is 3. The second kappa shape index (κ2) is 6.00. The second-order valence-corrected chi connectivity index (χ2v) is 6.02. The van der Waals surface area contributed by atoms with Crippen LogP contribution in [0, 0.1) is 0 Å². The van der Waals surface area contributed by atoms with Crippen molar-refractivity contribution < 1.29 is 17.0 Å². The van der Waals surface area contributed by atoms with Crippen molar-refractivity contribution in [2.45, 2.75) is 12.8 Å². The molecule has 0 atom stereocenters. The van der Waals surface area contributed by atoms with Crippen molar-refractivity contribution in [1.82, 2.24) is 4.98 Å². The van der Waals surface area contributed by atoms with Crippen molar-refractivity contribution in [3.05, 3.63) is 65.0 Å². The molecule has 1 N–H and O–H groups in total. The quantitative estimate of drug-likeness (QED) is 0.754. The van der Waals surface area contributed by atoms with Crippen molar-refractivity contribution in [2.24, 2.45) is 0 Å². The van der Waals surface area contributed by atoms with E-state index in [2.05, 4.69) is 41.7 Å². The zero-order valence-corrected chi connectivity index (χ0v) is 13.7. The molecular formula is C17H14BrN2S-. The van der Waals surface area contributed by atoms with Crippen molar-refractivity contribution in [3.63, 3.8) is 0 Å². The first-order valence-electron chi connectivity index (χ1n) is 6.80. The number of benzene rings is 2. The highest BCUT2D eigenvalue weighted by molar-refractivity contribution is 7.16. The second-order valence-electron chi connectivity index (χ2n) is 4.94. The fourth-order valence-corrected chi connectivity index (χ4v) is 3.64. The van der Waals surface area contributed by atoms with Gasteiger partial charge in [0.15, 0.2) is 5.13 Å². The molecule has 0 radical (unpaired) electrons. The van der Waals surface area contributed by atoms with Crippen LogP contribution in [0.5, 0.6) is 0 Å². The molecule has 2 aromatic carbocycles. The van der Waals surface area contributed by atoms with Gasteiger partial charge in [0.1, 0.15) is 0 Å². The number of thiazole rings is 1. The van der Waals surface area contributed by atoms with Crippen molar-refractivity contribution in [1.29, 1.82) is 0 Å². The standard InChI is InChI=1S/C17H14N2S.BrH/c1-2-7-13(8-3-1)18-17-19-16-14-9-5-4-6-12(14)10-11-15(16)20-17;/h1-9H,10-11H2,(H,18,19);1H/p-1. The van der Waals surface area contributed by atoms with Gasteiger partial charge in [-0.05, 0) is 30.5 Å². The molecule has 1 aromatic heterocycles. The third-order valence-electron chi connectivity index (χ3n) is 3.62. The minimum atomic E-state index is 0. The fraction of sp³-hybridized carbons (Fsp3) is 0.118. The molecule has 2 nitrogen and oxygen atoms in total. The van der Waals surface area contributed by atoms with E-state index >= 15 is 0 Å². The molecule has 0 saturated carbocycles. The molecule has 21 heavy (non-hydrogen) atoms. The molecule has 1 heterocycles. The Kier molecular flexibility index (Phi) is 4.08. The summed E-state index contributed by atoms with van der Waals surface area (Å²) >= 11 is 1.77. The van der Waals surface area contributed by atoms with Crippen molar-refractivity contribution in [3.8, 4) is 11.3 Å². The average molecular weight is 358 g/mol. The molecule has 0 aliphatic heterocycles. The first-order valence-corrected chi connectivity index (χ1v) is 7.62. The zero-order valence-electron chi connectivity index (χ0n) is 11.3. The average Bonchev–Trinajstić information content (AvgIpc) is 2.91. The van der Waals surface area contributed by atoms with Crippen LogP contribution in [0.1, 0.15) is 10.4 Å². The Labute approximate surface area is 138 Å². The number of nitrogens with one attached hydrogen (secondary N) is 1. The van der Waals surface area contributed by atoms with E-state index in [9.17, 15) is 0 Å². The smallest absolute Gasteiger partial charge is 0.187 e. The summed E-state index contributed by atoms with van der Waals surface area (Å²) in [6.07, 6.45) is 2.22. The molecule has 4 rings (SSSR count). The Balaban J connectivity index is 0.00000132. The Morgan fingerprint density at radius 2 is 1.67 bits per heavy atom. The molecule has 3 aromatic rings. The summed E-state index contributed by atoms with van der Waals surface area (Å²) in [5.41, 5.74) is 4.96. The van der Waals surface area contributed by atoms with E-state index in [4.69, 9.17) is 4.98 Å². The van der Waals surface area contributed by atoms with E-state index in [1.54, 1.807) is 11.3 Å². The Hall–Kier alpha value is -1.65. The van der Waals surface area contributed by atoms with Gasteiger partial charge < -0.3 is 22.3 Å². The Morgan fingerprint density at radius 3 is 2.52 bits per heavy atom. The molecule has 0 fully saturated rings. The topological polar surface area (TPSA) is 24.9 Å². The van der Waals surface area contributed by atoms with Crippen molar-refractivity contribution >= 4 is 22.2 Å². The first kappa shape index (κ1) is 14.3. The largest absolute Gasteiger partial charge is 1.00 e. The van der Waals surface area contributed by atoms with E-state index in [0.717, 1.165) is 29.4 Å². The highest BCUT2D eigenvalue weighted by Gasteiger charge is 2.20. The Bertz CT molecular complexity index is 752. The maximum Gasteiger partial charge on any atom is 0.187 e. The van der Waals surface area contributed by atoms with E-state index < -0.39 is 0 Å². The molecular weight excluding hydrogens is 344 g/mol. The van der Waals surface area contributed by atoms with Crippen LogP contribution in [-0.2, 0) is 12.8 Å². The molecule has 0 amide bonds. The number of aromatic nitrogens is 1. The third-order valence-corrected chi connectivity index (χ3v) is 4.65. The highest BCUT2D eigenvalue weighted by atomic mass is 79.9. The lowest BCUT2D eigenvalue weighted by Gasteiger charge is -2.13.